The van der Waals surface area contributed by atoms with Gasteiger partial charge in [-0.05, 0) is 61.2 Å². The molecule has 2 saturated heterocycles. The Morgan fingerprint density at radius 3 is 2.38 bits per heavy atom. The van der Waals surface area contributed by atoms with E-state index < -0.39 is 0 Å². The van der Waals surface area contributed by atoms with Gasteiger partial charge in [0.25, 0.3) is 5.91 Å². The Hall–Kier alpha value is -2.66. The summed E-state index contributed by atoms with van der Waals surface area (Å²) in [7, 11) is 0. The molecular weight excluding hydrogens is 503 g/mol. The quantitative estimate of drug-likeness (QED) is 0.386. The number of hydrogen-bond donors (Lipinski definition) is 0. The van der Waals surface area contributed by atoms with Crippen LogP contribution in [-0.4, -0.2) is 54.2 Å². The fourth-order valence-corrected chi connectivity index (χ4v) is 7.04. The lowest BCUT2D eigenvalue weighted by molar-refractivity contribution is 0.0779. The molecule has 0 aromatic heterocycles. The molecule has 2 fully saturated rings. The van der Waals surface area contributed by atoms with Gasteiger partial charge in [0, 0.05) is 48.5 Å². The molecule has 2 heterocycles. The van der Waals surface area contributed by atoms with Crippen molar-refractivity contribution in [1.82, 2.24) is 9.80 Å². The third-order valence-electron chi connectivity index (χ3n) is 8.73. The van der Waals surface area contributed by atoms with Crippen molar-refractivity contribution in [2.24, 2.45) is 5.92 Å². The average molecular weight is 533 g/mol. The number of amides is 1. The predicted molar refractivity (Wildman–Crippen MR) is 148 cm³/mol. The minimum Gasteiger partial charge on any atom is -0.338 e. The van der Waals surface area contributed by atoms with Gasteiger partial charge in [-0.15, -0.1) is 0 Å². The number of halogens is 2. The molecule has 3 aromatic carbocycles. The lowest BCUT2D eigenvalue weighted by atomic mass is 9.73. The van der Waals surface area contributed by atoms with E-state index in [4.69, 9.17) is 23.2 Å². The molecule has 6 rings (SSSR count). The van der Waals surface area contributed by atoms with E-state index >= 15 is 0 Å². The Labute approximate surface area is 228 Å². The Morgan fingerprint density at radius 1 is 0.892 bits per heavy atom. The van der Waals surface area contributed by atoms with E-state index in [-0.39, 0.29) is 17.2 Å². The fourth-order valence-electron chi connectivity index (χ4n) is 6.74. The molecule has 190 valence electrons. The molecule has 2 aliphatic heterocycles. The van der Waals surface area contributed by atoms with Gasteiger partial charge < -0.3 is 9.80 Å². The van der Waals surface area contributed by atoms with Crippen LogP contribution in [-0.2, 0) is 5.41 Å². The highest BCUT2D eigenvalue weighted by molar-refractivity contribution is 6.42. The van der Waals surface area contributed by atoms with Gasteiger partial charge in [-0.1, -0.05) is 77.8 Å². The van der Waals surface area contributed by atoms with Crippen LogP contribution in [0.3, 0.4) is 0 Å². The SMILES string of the molecule is O=C1CC2(CCN(CC3CN(C(=O)c4ccc(Cl)c(Cl)c4)CC3c3ccccc3)CC2)c2ccccc21. The number of hydrogen-bond acceptors (Lipinski definition) is 3. The van der Waals surface area contributed by atoms with Crippen molar-refractivity contribution in [3.05, 3.63) is 105 Å². The molecule has 6 heteroatoms. The average Bonchev–Trinajstić information content (AvgIpc) is 3.46. The first-order chi connectivity index (χ1) is 17.9. The Kier molecular flexibility index (Phi) is 6.60. The summed E-state index contributed by atoms with van der Waals surface area (Å²) in [5.74, 6) is 0.902. The molecule has 1 aliphatic carbocycles. The number of likely N-dealkylation sites (tertiary alicyclic amines) is 2. The van der Waals surface area contributed by atoms with Gasteiger partial charge in [0.05, 0.1) is 10.0 Å². The first kappa shape index (κ1) is 24.7. The molecule has 2 unspecified atom stereocenters. The fraction of sp³-hybridized carbons (Fsp3) is 0.355. The van der Waals surface area contributed by atoms with Crippen molar-refractivity contribution >= 4 is 34.9 Å². The molecule has 0 saturated carbocycles. The first-order valence-electron chi connectivity index (χ1n) is 13.1. The Morgan fingerprint density at radius 2 is 1.62 bits per heavy atom. The van der Waals surface area contributed by atoms with Crippen LogP contribution >= 0.6 is 23.2 Å². The highest BCUT2D eigenvalue weighted by atomic mass is 35.5. The highest BCUT2D eigenvalue weighted by Crippen LogP contribution is 2.46. The Balaban J connectivity index is 1.18. The van der Waals surface area contributed by atoms with Crippen LogP contribution in [0, 0.1) is 5.92 Å². The molecule has 1 amide bonds. The molecule has 0 N–H and O–H groups in total. The van der Waals surface area contributed by atoms with Gasteiger partial charge >= 0.3 is 0 Å². The number of rotatable bonds is 4. The molecule has 0 bridgehead atoms. The van der Waals surface area contributed by atoms with E-state index in [1.165, 1.54) is 11.1 Å². The van der Waals surface area contributed by atoms with Crippen LogP contribution in [0.4, 0.5) is 0 Å². The zero-order chi connectivity index (χ0) is 25.6. The van der Waals surface area contributed by atoms with Crippen molar-refractivity contribution in [3.63, 3.8) is 0 Å². The number of carbonyl (C=O) groups is 2. The van der Waals surface area contributed by atoms with E-state index in [1.54, 1.807) is 18.2 Å². The smallest absolute Gasteiger partial charge is 0.253 e. The second kappa shape index (κ2) is 9.90. The molecule has 1 spiro atoms. The molecule has 0 radical (unpaired) electrons. The monoisotopic (exact) mass is 532 g/mol. The molecule has 37 heavy (non-hydrogen) atoms. The second-order valence-corrected chi connectivity index (χ2v) is 11.7. The lowest BCUT2D eigenvalue weighted by Gasteiger charge is -2.41. The van der Waals surface area contributed by atoms with Gasteiger partial charge in [-0.2, -0.15) is 0 Å². The molecule has 3 aromatic rings. The minimum absolute atomic E-state index is 0.000620. The number of carbonyl (C=O) groups excluding carboxylic acids is 2. The summed E-state index contributed by atoms with van der Waals surface area (Å²) >= 11 is 12.3. The maximum absolute atomic E-state index is 13.4. The number of ketones is 1. The van der Waals surface area contributed by atoms with Gasteiger partial charge in [0.15, 0.2) is 5.78 Å². The topological polar surface area (TPSA) is 40.6 Å². The maximum Gasteiger partial charge on any atom is 0.253 e. The van der Waals surface area contributed by atoms with E-state index in [2.05, 4.69) is 41.3 Å². The van der Waals surface area contributed by atoms with Gasteiger partial charge in [0.1, 0.15) is 0 Å². The van der Waals surface area contributed by atoms with Gasteiger partial charge in [0.2, 0.25) is 0 Å². The van der Waals surface area contributed by atoms with Crippen molar-refractivity contribution in [2.75, 3.05) is 32.7 Å². The van der Waals surface area contributed by atoms with E-state index in [0.29, 0.717) is 46.8 Å². The summed E-state index contributed by atoms with van der Waals surface area (Å²) in [6, 6.07) is 23.8. The second-order valence-electron chi connectivity index (χ2n) is 10.8. The first-order valence-corrected chi connectivity index (χ1v) is 13.8. The van der Waals surface area contributed by atoms with Crippen LogP contribution in [0.5, 0.6) is 0 Å². The van der Waals surface area contributed by atoms with Crippen molar-refractivity contribution in [3.8, 4) is 0 Å². The predicted octanol–water partition coefficient (Wildman–Crippen LogP) is 6.47. The van der Waals surface area contributed by atoms with E-state index in [9.17, 15) is 9.59 Å². The molecule has 4 nitrogen and oxygen atoms in total. The number of benzene rings is 3. The van der Waals surface area contributed by atoms with Crippen LogP contribution in [0.2, 0.25) is 10.0 Å². The number of fused-ring (bicyclic) bond motifs is 2. The summed E-state index contributed by atoms with van der Waals surface area (Å²) in [4.78, 5) is 30.6. The minimum atomic E-state index is -0.00542. The van der Waals surface area contributed by atoms with E-state index in [0.717, 1.165) is 38.0 Å². The normalized spacial score (nSPS) is 23.0. The maximum atomic E-state index is 13.4. The van der Waals surface area contributed by atoms with Crippen LogP contribution < -0.4 is 0 Å². The van der Waals surface area contributed by atoms with Crippen LogP contribution in [0.25, 0.3) is 0 Å². The summed E-state index contributed by atoms with van der Waals surface area (Å²) in [6.45, 7) is 4.28. The molecular formula is C31H30Cl2N2O2. The summed E-state index contributed by atoms with van der Waals surface area (Å²) in [5, 5.41) is 0.853. The van der Waals surface area contributed by atoms with Gasteiger partial charge in [-0.25, -0.2) is 0 Å². The summed E-state index contributed by atoms with van der Waals surface area (Å²) in [5.41, 5.74) is 4.02. The van der Waals surface area contributed by atoms with Crippen molar-refractivity contribution < 1.29 is 9.59 Å². The Bertz CT molecular complexity index is 1330. The summed E-state index contributed by atoms with van der Waals surface area (Å²) in [6.07, 6.45) is 2.65. The highest BCUT2D eigenvalue weighted by Gasteiger charge is 2.46. The largest absolute Gasteiger partial charge is 0.338 e. The van der Waals surface area contributed by atoms with Crippen molar-refractivity contribution in [1.29, 1.82) is 0 Å². The third-order valence-corrected chi connectivity index (χ3v) is 9.47. The van der Waals surface area contributed by atoms with Crippen LogP contribution in [0.15, 0.2) is 72.8 Å². The number of piperidine rings is 1. The summed E-state index contributed by atoms with van der Waals surface area (Å²) < 4.78 is 0. The third kappa shape index (κ3) is 4.60. The van der Waals surface area contributed by atoms with Crippen molar-refractivity contribution in [2.45, 2.75) is 30.6 Å². The zero-order valence-electron chi connectivity index (χ0n) is 20.7. The van der Waals surface area contributed by atoms with E-state index in [1.807, 2.05) is 23.1 Å². The van der Waals surface area contributed by atoms with Gasteiger partial charge in [-0.3, -0.25) is 9.59 Å². The standard InChI is InChI=1S/C31H30Cl2N2O2/c32-27-11-10-22(16-28(27)33)30(37)35-19-23(25(20-35)21-6-2-1-3-7-21)18-34-14-12-31(13-15-34)17-29(36)24-8-4-5-9-26(24)31/h1-11,16,23,25H,12-15,17-20H2. The lowest BCUT2D eigenvalue weighted by Crippen LogP contribution is -2.44. The zero-order valence-corrected chi connectivity index (χ0v) is 22.2. The molecule has 3 aliphatic rings. The van der Waals surface area contributed by atoms with Crippen LogP contribution in [0.1, 0.15) is 57.0 Å². The number of Topliss-reactive ketones (excluding diaryl/α,β-unsaturated/α-hetero) is 1. The molecule has 2 atom stereocenters. The number of nitrogens with zero attached hydrogens (tertiary/aromatic N) is 2.